The smallest absolute Gasteiger partial charge is 0.265 e. The fraction of sp³-hybridized carbons (Fsp3) is 0.120. The topological polar surface area (TPSA) is 93.7 Å². The zero-order valence-corrected chi connectivity index (χ0v) is 20.1. The third kappa shape index (κ3) is 4.82. The molecule has 0 radical (unpaired) electrons. The quantitative estimate of drug-likeness (QED) is 0.400. The summed E-state index contributed by atoms with van der Waals surface area (Å²) in [6.07, 6.45) is 1.72. The first-order chi connectivity index (χ1) is 17.0. The first-order valence-electron chi connectivity index (χ1n) is 10.6. The van der Waals surface area contributed by atoms with Crippen molar-refractivity contribution in [2.24, 2.45) is 0 Å². The number of carbonyl (C=O) groups is 2. The number of hydrogen-bond acceptors (Lipinski definition) is 7. The summed E-state index contributed by atoms with van der Waals surface area (Å²) >= 11 is 7.63. The van der Waals surface area contributed by atoms with Crippen LogP contribution in [-0.2, 0) is 9.59 Å². The molecule has 5 rings (SSSR count). The van der Waals surface area contributed by atoms with E-state index in [2.05, 4.69) is 10.3 Å². The van der Waals surface area contributed by atoms with Gasteiger partial charge in [0.15, 0.2) is 6.61 Å². The molecule has 2 aromatic carbocycles. The SMILES string of the molecule is COc1ccc(NC(=O)CN2C(=O)COc3ccc(-c4csc(-c5ccccn5)n4)cc32)cc1Cl. The van der Waals surface area contributed by atoms with Crippen LogP contribution in [-0.4, -0.2) is 42.0 Å². The molecule has 10 heteroatoms. The second-order valence-electron chi connectivity index (χ2n) is 7.60. The van der Waals surface area contributed by atoms with Crippen molar-refractivity contribution in [2.75, 3.05) is 30.5 Å². The number of benzene rings is 2. The molecule has 2 amide bonds. The molecular formula is C25H19ClN4O4S. The van der Waals surface area contributed by atoms with Gasteiger partial charge in [-0.25, -0.2) is 4.98 Å². The number of nitrogens with zero attached hydrogens (tertiary/aromatic N) is 3. The number of nitrogens with one attached hydrogen (secondary N) is 1. The van der Waals surface area contributed by atoms with Gasteiger partial charge in [0.2, 0.25) is 5.91 Å². The maximum Gasteiger partial charge on any atom is 0.265 e. The highest BCUT2D eigenvalue weighted by Gasteiger charge is 2.28. The maximum atomic E-state index is 12.8. The lowest BCUT2D eigenvalue weighted by Gasteiger charge is -2.29. The van der Waals surface area contributed by atoms with E-state index in [1.807, 2.05) is 29.6 Å². The normalized spacial score (nSPS) is 12.6. The molecule has 1 aliphatic heterocycles. The van der Waals surface area contributed by atoms with Crippen LogP contribution in [0.15, 0.2) is 66.2 Å². The van der Waals surface area contributed by atoms with Crippen molar-refractivity contribution in [1.82, 2.24) is 9.97 Å². The van der Waals surface area contributed by atoms with E-state index in [0.29, 0.717) is 27.9 Å². The number of halogens is 1. The van der Waals surface area contributed by atoms with Crippen LogP contribution in [0.3, 0.4) is 0 Å². The van der Waals surface area contributed by atoms with Gasteiger partial charge >= 0.3 is 0 Å². The largest absolute Gasteiger partial charge is 0.495 e. The third-order valence-electron chi connectivity index (χ3n) is 5.32. The highest BCUT2D eigenvalue weighted by atomic mass is 35.5. The van der Waals surface area contributed by atoms with Gasteiger partial charge in [0.05, 0.1) is 29.2 Å². The van der Waals surface area contributed by atoms with Crippen LogP contribution in [0.4, 0.5) is 11.4 Å². The van der Waals surface area contributed by atoms with Crippen molar-refractivity contribution in [1.29, 1.82) is 0 Å². The van der Waals surface area contributed by atoms with E-state index >= 15 is 0 Å². The van der Waals surface area contributed by atoms with Crippen molar-refractivity contribution >= 4 is 46.1 Å². The number of methoxy groups -OCH3 is 1. The molecule has 0 unspecified atom stereocenters. The molecule has 0 fully saturated rings. The zero-order chi connectivity index (χ0) is 24.4. The minimum atomic E-state index is -0.371. The molecule has 1 N–H and O–H groups in total. The summed E-state index contributed by atoms with van der Waals surface area (Å²) < 4.78 is 10.7. The predicted octanol–water partition coefficient (Wildman–Crippen LogP) is 4.90. The lowest BCUT2D eigenvalue weighted by molar-refractivity contribution is -0.123. The van der Waals surface area contributed by atoms with Gasteiger partial charge < -0.3 is 14.8 Å². The Bertz CT molecular complexity index is 1410. The van der Waals surface area contributed by atoms with E-state index < -0.39 is 0 Å². The highest BCUT2D eigenvalue weighted by Crippen LogP contribution is 2.37. The van der Waals surface area contributed by atoms with E-state index in [0.717, 1.165) is 22.0 Å². The number of aromatic nitrogens is 2. The maximum absolute atomic E-state index is 12.8. The fourth-order valence-electron chi connectivity index (χ4n) is 3.64. The Morgan fingerprint density at radius 3 is 2.86 bits per heavy atom. The van der Waals surface area contributed by atoms with Crippen molar-refractivity contribution in [3.05, 3.63) is 71.2 Å². The van der Waals surface area contributed by atoms with E-state index in [1.165, 1.54) is 23.3 Å². The third-order valence-corrected chi connectivity index (χ3v) is 6.48. The molecule has 8 nitrogen and oxygen atoms in total. The van der Waals surface area contributed by atoms with Gasteiger partial charge in [-0.2, -0.15) is 0 Å². The van der Waals surface area contributed by atoms with E-state index in [-0.39, 0.29) is 25.0 Å². The molecule has 1 aliphatic rings. The number of pyridine rings is 1. The number of rotatable bonds is 6. The van der Waals surface area contributed by atoms with Crippen LogP contribution in [0.5, 0.6) is 11.5 Å². The standard InChI is InChI=1S/C25H19ClN4O4S/c1-33-21-8-6-16(11-17(21)26)28-23(31)12-30-20-10-15(5-7-22(20)34-13-24(30)32)19-14-35-25(29-19)18-4-2-3-9-27-18/h2-11,14H,12-13H2,1H3,(H,28,31). The minimum Gasteiger partial charge on any atom is -0.495 e. The van der Waals surface area contributed by atoms with Crippen LogP contribution >= 0.6 is 22.9 Å². The molecule has 2 aromatic heterocycles. The molecule has 0 saturated carbocycles. The van der Waals surface area contributed by atoms with Crippen LogP contribution in [0.25, 0.3) is 22.0 Å². The summed E-state index contributed by atoms with van der Waals surface area (Å²) in [7, 11) is 1.51. The average molecular weight is 507 g/mol. The summed E-state index contributed by atoms with van der Waals surface area (Å²) in [5.41, 5.74) is 3.34. The molecular weight excluding hydrogens is 488 g/mol. The van der Waals surface area contributed by atoms with Crippen LogP contribution in [0.1, 0.15) is 0 Å². The highest BCUT2D eigenvalue weighted by molar-refractivity contribution is 7.13. The lowest BCUT2D eigenvalue weighted by Crippen LogP contribution is -2.43. The van der Waals surface area contributed by atoms with Gasteiger partial charge in [-0.15, -0.1) is 11.3 Å². The molecule has 0 bridgehead atoms. The van der Waals surface area contributed by atoms with E-state index in [1.54, 1.807) is 36.5 Å². The summed E-state index contributed by atoms with van der Waals surface area (Å²) in [4.78, 5) is 35.9. The molecule has 0 spiro atoms. The van der Waals surface area contributed by atoms with Gasteiger partial charge in [0, 0.05) is 22.8 Å². The Morgan fingerprint density at radius 2 is 2.09 bits per heavy atom. The monoisotopic (exact) mass is 506 g/mol. The van der Waals surface area contributed by atoms with Gasteiger partial charge in [-0.05, 0) is 48.5 Å². The Balaban J connectivity index is 1.38. The zero-order valence-electron chi connectivity index (χ0n) is 18.5. The Hall–Kier alpha value is -3.95. The molecule has 0 aliphatic carbocycles. The molecule has 35 heavy (non-hydrogen) atoms. The second-order valence-corrected chi connectivity index (χ2v) is 8.87. The van der Waals surface area contributed by atoms with Gasteiger partial charge in [0.25, 0.3) is 5.91 Å². The Labute approximate surface area is 210 Å². The number of ether oxygens (including phenoxy) is 2. The number of anilines is 2. The summed E-state index contributed by atoms with van der Waals surface area (Å²) in [6.45, 7) is -0.326. The van der Waals surface area contributed by atoms with E-state index in [4.69, 9.17) is 26.1 Å². The average Bonchev–Trinajstić information content (AvgIpc) is 3.37. The van der Waals surface area contributed by atoms with Gasteiger partial charge in [0.1, 0.15) is 23.1 Å². The van der Waals surface area contributed by atoms with Gasteiger partial charge in [-0.1, -0.05) is 17.7 Å². The number of carbonyl (C=O) groups excluding carboxylic acids is 2. The van der Waals surface area contributed by atoms with Crippen molar-refractivity contribution in [3.63, 3.8) is 0 Å². The fourth-order valence-corrected chi connectivity index (χ4v) is 4.70. The molecule has 3 heterocycles. The molecule has 176 valence electrons. The van der Waals surface area contributed by atoms with Crippen LogP contribution in [0.2, 0.25) is 5.02 Å². The molecule has 4 aromatic rings. The van der Waals surface area contributed by atoms with Crippen molar-refractivity contribution in [3.8, 4) is 33.5 Å². The van der Waals surface area contributed by atoms with Crippen LogP contribution < -0.4 is 19.7 Å². The predicted molar refractivity (Wildman–Crippen MR) is 135 cm³/mol. The van der Waals surface area contributed by atoms with Crippen LogP contribution in [0, 0.1) is 0 Å². The summed E-state index contributed by atoms with van der Waals surface area (Å²) in [6, 6.07) is 16.1. The first kappa shape index (κ1) is 22.8. The van der Waals surface area contributed by atoms with Gasteiger partial charge in [-0.3, -0.25) is 19.5 Å². The van der Waals surface area contributed by atoms with Crippen molar-refractivity contribution < 1.29 is 19.1 Å². The number of thiazole rings is 1. The number of fused-ring (bicyclic) bond motifs is 1. The summed E-state index contributed by atoms with van der Waals surface area (Å²) in [5.74, 6) is 0.338. The molecule has 0 saturated heterocycles. The Morgan fingerprint density at radius 1 is 1.20 bits per heavy atom. The minimum absolute atomic E-state index is 0.144. The van der Waals surface area contributed by atoms with E-state index in [9.17, 15) is 9.59 Å². The lowest BCUT2D eigenvalue weighted by atomic mass is 10.1. The number of amides is 2. The second kappa shape index (κ2) is 9.73. The van der Waals surface area contributed by atoms with Crippen molar-refractivity contribution in [2.45, 2.75) is 0 Å². The summed E-state index contributed by atoms with van der Waals surface area (Å²) in [5, 5.41) is 5.86. The Kier molecular flexibility index (Phi) is 6.35. The number of hydrogen-bond donors (Lipinski definition) is 1. The first-order valence-corrected chi connectivity index (χ1v) is 11.9. The molecule has 0 atom stereocenters.